The van der Waals surface area contributed by atoms with Crippen LogP contribution in [0.25, 0.3) is 0 Å². The highest BCUT2D eigenvalue weighted by atomic mass is 15.4. The molecule has 0 bridgehead atoms. The Kier molecular flexibility index (Phi) is 5.40. The van der Waals surface area contributed by atoms with Crippen molar-refractivity contribution in [3.63, 3.8) is 0 Å². The van der Waals surface area contributed by atoms with Crippen molar-refractivity contribution >= 4 is 17.7 Å². The largest absolute Gasteiger partial charge is 0.360 e. The van der Waals surface area contributed by atoms with Crippen molar-refractivity contribution in [1.29, 1.82) is 0 Å². The molecule has 0 aromatic carbocycles. The number of nitrogens with zero attached hydrogens (tertiary/aromatic N) is 7. The van der Waals surface area contributed by atoms with Gasteiger partial charge in [-0.3, -0.25) is 0 Å². The van der Waals surface area contributed by atoms with Crippen LogP contribution in [-0.4, -0.2) is 59.7 Å². The average molecular weight is 327 g/mol. The van der Waals surface area contributed by atoms with E-state index in [4.69, 9.17) is 4.98 Å². The van der Waals surface area contributed by atoms with Crippen molar-refractivity contribution in [2.45, 2.75) is 19.8 Å². The monoisotopic (exact) mass is 327 g/mol. The lowest BCUT2D eigenvalue weighted by molar-refractivity contribution is 0.627. The maximum atomic E-state index is 4.74. The predicted molar refractivity (Wildman–Crippen MR) is 96.7 cm³/mol. The first-order valence-corrected chi connectivity index (χ1v) is 8.59. The minimum atomic E-state index is 0.797. The molecule has 0 atom stereocenters. The van der Waals surface area contributed by atoms with Crippen LogP contribution in [0.1, 0.15) is 19.8 Å². The van der Waals surface area contributed by atoms with E-state index in [9.17, 15) is 0 Å². The molecule has 3 heterocycles. The third-order valence-corrected chi connectivity index (χ3v) is 4.26. The summed E-state index contributed by atoms with van der Waals surface area (Å²) in [6, 6.07) is 3.82. The quantitative estimate of drug-likeness (QED) is 0.802. The van der Waals surface area contributed by atoms with E-state index in [-0.39, 0.29) is 0 Å². The summed E-state index contributed by atoms with van der Waals surface area (Å²) in [5, 5.41) is 0. The van der Waals surface area contributed by atoms with Crippen LogP contribution in [0.4, 0.5) is 17.7 Å². The molecule has 2 aromatic rings. The molecule has 0 spiro atoms. The second-order valence-electron chi connectivity index (χ2n) is 6.01. The summed E-state index contributed by atoms with van der Waals surface area (Å²) in [6.07, 6.45) is 7.78. The fourth-order valence-electron chi connectivity index (χ4n) is 2.77. The second-order valence-corrected chi connectivity index (χ2v) is 6.01. The van der Waals surface area contributed by atoms with E-state index < -0.39 is 0 Å². The van der Waals surface area contributed by atoms with E-state index in [1.54, 1.807) is 12.4 Å². The molecule has 0 unspecified atom stereocenters. The topological polar surface area (TPSA) is 61.3 Å². The van der Waals surface area contributed by atoms with E-state index in [1.807, 2.05) is 18.3 Å². The molecule has 3 rings (SSSR count). The number of aromatic nitrogens is 4. The molecule has 7 nitrogen and oxygen atoms in total. The molecule has 128 valence electrons. The molecular weight excluding hydrogens is 302 g/mol. The average Bonchev–Trinajstić information content (AvgIpc) is 2.67. The first kappa shape index (κ1) is 16.4. The van der Waals surface area contributed by atoms with Crippen molar-refractivity contribution in [2.75, 3.05) is 54.5 Å². The number of hydrogen-bond donors (Lipinski definition) is 0. The maximum absolute atomic E-state index is 4.74. The molecule has 24 heavy (non-hydrogen) atoms. The molecule has 0 saturated carbocycles. The van der Waals surface area contributed by atoms with Gasteiger partial charge in [0.05, 0.1) is 0 Å². The van der Waals surface area contributed by atoms with Gasteiger partial charge < -0.3 is 14.7 Å². The lowest BCUT2D eigenvalue weighted by atomic mass is 10.3. The lowest BCUT2D eigenvalue weighted by Crippen LogP contribution is -2.47. The van der Waals surface area contributed by atoms with Gasteiger partial charge in [-0.15, -0.1) is 0 Å². The summed E-state index contributed by atoms with van der Waals surface area (Å²) in [7, 11) is 2.09. The first-order chi connectivity index (χ1) is 11.8. The van der Waals surface area contributed by atoms with Crippen molar-refractivity contribution < 1.29 is 0 Å². The van der Waals surface area contributed by atoms with Crippen molar-refractivity contribution in [2.24, 2.45) is 0 Å². The van der Waals surface area contributed by atoms with Gasteiger partial charge in [-0.1, -0.05) is 13.3 Å². The van der Waals surface area contributed by atoms with Gasteiger partial charge in [0.2, 0.25) is 11.9 Å². The predicted octanol–water partition coefficient (Wildman–Crippen LogP) is 1.83. The minimum absolute atomic E-state index is 0.797. The van der Waals surface area contributed by atoms with E-state index in [0.717, 1.165) is 50.4 Å². The third kappa shape index (κ3) is 3.90. The number of rotatable bonds is 6. The molecular formula is C17H25N7. The molecule has 1 aliphatic heterocycles. The Hall–Kier alpha value is -2.44. The molecule has 7 heteroatoms. The van der Waals surface area contributed by atoms with Gasteiger partial charge in [0.1, 0.15) is 5.82 Å². The summed E-state index contributed by atoms with van der Waals surface area (Å²) >= 11 is 0. The Morgan fingerprint density at radius 1 is 0.958 bits per heavy atom. The van der Waals surface area contributed by atoms with Crippen molar-refractivity contribution in [1.82, 2.24) is 19.9 Å². The highest BCUT2D eigenvalue weighted by Crippen LogP contribution is 2.17. The Labute approximate surface area is 143 Å². The Morgan fingerprint density at radius 2 is 1.58 bits per heavy atom. The molecule has 1 saturated heterocycles. The fraction of sp³-hybridized carbons (Fsp3) is 0.529. The van der Waals surface area contributed by atoms with Crippen LogP contribution in [0.5, 0.6) is 0 Å². The van der Waals surface area contributed by atoms with Gasteiger partial charge >= 0.3 is 0 Å². The van der Waals surface area contributed by atoms with Crippen LogP contribution in [0.3, 0.4) is 0 Å². The second kappa shape index (κ2) is 7.90. The molecule has 0 radical (unpaired) electrons. The zero-order valence-corrected chi connectivity index (χ0v) is 14.5. The Morgan fingerprint density at radius 3 is 2.25 bits per heavy atom. The molecule has 1 aliphatic rings. The van der Waals surface area contributed by atoms with Gasteiger partial charge in [0, 0.05) is 58.4 Å². The van der Waals surface area contributed by atoms with Crippen LogP contribution in [-0.2, 0) is 0 Å². The van der Waals surface area contributed by atoms with Crippen LogP contribution < -0.4 is 14.7 Å². The highest BCUT2D eigenvalue weighted by Gasteiger charge is 2.21. The fourth-order valence-corrected chi connectivity index (χ4v) is 2.77. The van der Waals surface area contributed by atoms with Gasteiger partial charge in [0.15, 0.2) is 0 Å². The zero-order valence-electron chi connectivity index (χ0n) is 14.5. The standard InChI is InChI=1S/C17H25N7/c1-3-4-10-22(2)15-6-9-20-17(21-15)24-13-11-23(12-14-24)16-18-7-5-8-19-16/h5-9H,3-4,10-14H2,1-2H3. The van der Waals surface area contributed by atoms with Crippen molar-refractivity contribution in [3.05, 3.63) is 30.7 Å². The van der Waals surface area contributed by atoms with Gasteiger partial charge in [-0.05, 0) is 18.6 Å². The van der Waals surface area contributed by atoms with Gasteiger partial charge in [-0.2, -0.15) is 4.98 Å². The normalized spacial score (nSPS) is 14.8. The maximum Gasteiger partial charge on any atom is 0.227 e. The van der Waals surface area contributed by atoms with Crippen LogP contribution in [0.2, 0.25) is 0 Å². The minimum Gasteiger partial charge on any atom is -0.360 e. The van der Waals surface area contributed by atoms with Crippen molar-refractivity contribution in [3.8, 4) is 0 Å². The smallest absolute Gasteiger partial charge is 0.227 e. The SMILES string of the molecule is CCCCN(C)c1ccnc(N2CCN(c3ncccn3)CC2)n1. The van der Waals surface area contributed by atoms with Crippen LogP contribution in [0, 0.1) is 0 Å². The summed E-state index contributed by atoms with van der Waals surface area (Å²) < 4.78 is 0. The summed E-state index contributed by atoms with van der Waals surface area (Å²) in [6.45, 7) is 6.73. The molecule has 0 amide bonds. The number of hydrogen-bond acceptors (Lipinski definition) is 7. The number of unbranched alkanes of at least 4 members (excludes halogenated alkanes) is 1. The summed E-state index contributed by atoms with van der Waals surface area (Å²) in [5.41, 5.74) is 0. The lowest BCUT2D eigenvalue weighted by Gasteiger charge is -2.34. The van der Waals surface area contributed by atoms with Crippen LogP contribution in [0.15, 0.2) is 30.7 Å². The highest BCUT2D eigenvalue weighted by molar-refractivity contribution is 5.44. The van der Waals surface area contributed by atoms with E-state index >= 15 is 0 Å². The van der Waals surface area contributed by atoms with Gasteiger partial charge in [-0.25, -0.2) is 15.0 Å². The number of anilines is 3. The van der Waals surface area contributed by atoms with Gasteiger partial charge in [0.25, 0.3) is 0 Å². The molecule has 2 aromatic heterocycles. The molecule has 0 N–H and O–H groups in total. The number of piperazine rings is 1. The van der Waals surface area contributed by atoms with E-state index in [0.29, 0.717) is 0 Å². The zero-order chi connectivity index (χ0) is 16.8. The van der Waals surface area contributed by atoms with E-state index in [1.165, 1.54) is 12.8 Å². The van der Waals surface area contributed by atoms with Crippen LogP contribution >= 0.6 is 0 Å². The summed E-state index contributed by atoms with van der Waals surface area (Å²) in [5.74, 6) is 2.60. The Balaban J connectivity index is 1.62. The summed E-state index contributed by atoms with van der Waals surface area (Å²) in [4.78, 5) is 24.5. The van der Waals surface area contributed by atoms with E-state index in [2.05, 4.69) is 43.6 Å². The molecule has 1 fully saturated rings. The third-order valence-electron chi connectivity index (χ3n) is 4.26. The Bertz CT molecular complexity index is 626. The first-order valence-electron chi connectivity index (χ1n) is 8.59. The molecule has 0 aliphatic carbocycles.